The van der Waals surface area contributed by atoms with Crippen molar-refractivity contribution in [2.24, 2.45) is 5.92 Å². The molecule has 0 atom stereocenters. The van der Waals surface area contributed by atoms with Crippen LogP contribution in [0.4, 0.5) is 5.69 Å². The van der Waals surface area contributed by atoms with E-state index in [4.69, 9.17) is 4.42 Å². The molecule has 3 amide bonds. The van der Waals surface area contributed by atoms with Gasteiger partial charge in [0, 0.05) is 44.4 Å². The Bertz CT molecular complexity index is 822. The SMILES string of the molecule is CN(C)C(=O)c1cccc(NC(=O)C2CCN(C(=O)c3ccco3)CC2)c1. The molecule has 2 heterocycles. The van der Waals surface area contributed by atoms with E-state index in [1.165, 1.54) is 11.2 Å². The molecule has 1 fully saturated rings. The van der Waals surface area contributed by atoms with E-state index in [0.717, 1.165) is 0 Å². The van der Waals surface area contributed by atoms with Crippen LogP contribution in [-0.2, 0) is 4.79 Å². The predicted octanol–water partition coefficient (Wildman–Crippen LogP) is 2.47. The number of rotatable bonds is 4. The van der Waals surface area contributed by atoms with Crippen LogP contribution in [0.2, 0.25) is 0 Å². The molecular formula is C20H23N3O4. The second-order valence-corrected chi connectivity index (χ2v) is 6.81. The number of carbonyl (C=O) groups excluding carboxylic acids is 3. The van der Waals surface area contributed by atoms with Crippen molar-refractivity contribution in [3.05, 3.63) is 54.0 Å². The second-order valence-electron chi connectivity index (χ2n) is 6.81. The van der Waals surface area contributed by atoms with Crippen molar-refractivity contribution in [3.8, 4) is 0 Å². The Morgan fingerprint density at radius 2 is 1.85 bits per heavy atom. The number of furan rings is 1. The van der Waals surface area contributed by atoms with E-state index in [-0.39, 0.29) is 23.6 Å². The van der Waals surface area contributed by atoms with Crippen molar-refractivity contribution >= 4 is 23.4 Å². The van der Waals surface area contributed by atoms with Gasteiger partial charge < -0.3 is 19.5 Å². The van der Waals surface area contributed by atoms with Gasteiger partial charge in [0.25, 0.3) is 11.8 Å². The highest BCUT2D eigenvalue weighted by Gasteiger charge is 2.28. The highest BCUT2D eigenvalue weighted by molar-refractivity contribution is 5.97. The topological polar surface area (TPSA) is 82.9 Å². The van der Waals surface area contributed by atoms with E-state index in [0.29, 0.717) is 42.9 Å². The molecule has 7 heteroatoms. The third-order valence-corrected chi connectivity index (χ3v) is 4.67. The van der Waals surface area contributed by atoms with Crippen LogP contribution < -0.4 is 5.32 Å². The first-order valence-corrected chi connectivity index (χ1v) is 8.91. The first kappa shape index (κ1) is 18.7. The molecule has 0 spiro atoms. The number of benzene rings is 1. The number of amides is 3. The number of hydrogen-bond acceptors (Lipinski definition) is 4. The van der Waals surface area contributed by atoms with Crippen molar-refractivity contribution in [3.63, 3.8) is 0 Å². The summed E-state index contributed by atoms with van der Waals surface area (Å²) < 4.78 is 5.15. The van der Waals surface area contributed by atoms with Crippen molar-refractivity contribution in [1.82, 2.24) is 9.80 Å². The fourth-order valence-electron chi connectivity index (χ4n) is 3.13. The van der Waals surface area contributed by atoms with Crippen LogP contribution in [0.5, 0.6) is 0 Å². The van der Waals surface area contributed by atoms with Gasteiger partial charge in [0.1, 0.15) is 0 Å². The Balaban J connectivity index is 1.56. The molecule has 1 aromatic carbocycles. The molecule has 142 valence electrons. The minimum absolute atomic E-state index is 0.0884. The van der Waals surface area contributed by atoms with Crippen LogP contribution in [0.1, 0.15) is 33.8 Å². The molecule has 1 saturated heterocycles. The average Bonchev–Trinajstić information content (AvgIpc) is 3.22. The number of nitrogens with zero attached hydrogens (tertiary/aromatic N) is 2. The molecule has 0 aliphatic carbocycles. The predicted molar refractivity (Wildman–Crippen MR) is 100 cm³/mol. The number of anilines is 1. The average molecular weight is 369 g/mol. The zero-order chi connectivity index (χ0) is 19.4. The maximum absolute atomic E-state index is 12.6. The molecule has 1 aliphatic rings. The summed E-state index contributed by atoms with van der Waals surface area (Å²) in [4.78, 5) is 40.1. The Kier molecular flexibility index (Phi) is 5.59. The quantitative estimate of drug-likeness (QED) is 0.897. The Morgan fingerprint density at radius 3 is 2.48 bits per heavy atom. The number of likely N-dealkylation sites (tertiary alicyclic amines) is 1. The molecule has 1 aromatic heterocycles. The van der Waals surface area contributed by atoms with Gasteiger partial charge in [-0.1, -0.05) is 6.07 Å². The zero-order valence-electron chi connectivity index (χ0n) is 15.5. The lowest BCUT2D eigenvalue weighted by molar-refractivity contribution is -0.121. The van der Waals surface area contributed by atoms with Crippen LogP contribution in [0.25, 0.3) is 0 Å². The summed E-state index contributed by atoms with van der Waals surface area (Å²) >= 11 is 0. The molecule has 1 aliphatic heterocycles. The van der Waals surface area contributed by atoms with Crippen LogP contribution in [0, 0.1) is 5.92 Å². The van der Waals surface area contributed by atoms with E-state index in [2.05, 4.69) is 5.32 Å². The Morgan fingerprint density at radius 1 is 1.11 bits per heavy atom. The lowest BCUT2D eigenvalue weighted by atomic mass is 9.95. The minimum Gasteiger partial charge on any atom is -0.459 e. The summed E-state index contributed by atoms with van der Waals surface area (Å²) in [5, 5.41) is 2.89. The highest BCUT2D eigenvalue weighted by atomic mass is 16.3. The van der Waals surface area contributed by atoms with Crippen molar-refractivity contribution in [2.45, 2.75) is 12.8 Å². The molecular weight excluding hydrogens is 346 g/mol. The van der Waals surface area contributed by atoms with E-state index < -0.39 is 0 Å². The largest absolute Gasteiger partial charge is 0.459 e. The van der Waals surface area contributed by atoms with Crippen LogP contribution in [-0.4, -0.2) is 54.7 Å². The van der Waals surface area contributed by atoms with E-state index in [1.807, 2.05) is 0 Å². The van der Waals surface area contributed by atoms with Gasteiger partial charge >= 0.3 is 0 Å². The molecule has 0 radical (unpaired) electrons. The van der Waals surface area contributed by atoms with Gasteiger partial charge in [-0.25, -0.2) is 0 Å². The van der Waals surface area contributed by atoms with Crippen LogP contribution in [0.15, 0.2) is 47.1 Å². The normalized spacial score (nSPS) is 14.7. The Labute approximate surface area is 157 Å². The number of hydrogen-bond donors (Lipinski definition) is 1. The lowest BCUT2D eigenvalue weighted by Gasteiger charge is -2.30. The van der Waals surface area contributed by atoms with Gasteiger partial charge in [-0.3, -0.25) is 14.4 Å². The summed E-state index contributed by atoms with van der Waals surface area (Å²) in [5.74, 6) is -0.196. The van der Waals surface area contributed by atoms with Gasteiger partial charge in [0.05, 0.1) is 6.26 Å². The van der Waals surface area contributed by atoms with E-state index >= 15 is 0 Å². The van der Waals surface area contributed by atoms with Crippen molar-refractivity contribution in [1.29, 1.82) is 0 Å². The van der Waals surface area contributed by atoms with Gasteiger partial charge in [0.2, 0.25) is 5.91 Å². The van der Waals surface area contributed by atoms with E-state index in [1.54, 1.807) is 55.4 Å². The summed E-state index contributed by atoms with van der Waals surface area (Å²) in [6.07, 6.45) is 2.66. The highest BCUT2D eigenvalue weighted by Crippen LogP contribution is 2.21. The van der Waals surface area contributed by atoms with Crippen LogP contribution in [0.3, 0.4) is 0 Å². The zero-order valence-corrected chi connectivity index (χ0v) is 15.5. The fourth-order valence-corrected chi connectivity index (χ4v) is 3.13. The van der Waals surface area contributed by atoms with Gasteiger partial charge in [0.15, 0.2) is 5.76 Å². The lowest BCUT2D eigenvalue weighted by Crippen LogP contribution is -2.41. The van der Waals surface area contributed by atoms with E-state index in [9.17, 15) is 14.4 Å². The summed E-state index contributed by atoms with van der Waals surface area (Å²) in [6, 6.07) is 10.2. The summed E-state index contributed by atoms with van der Waals surface area (Å²) in [6.45, 7) is 1.02. The maximum atomic E-state index is 12.6. The monoisotopic (exact) mass is 369 g/mol. The maximum Gasteiger partial charge on any atom is 0.289 e. The van der Waals surface area contributed by atoms with Gasteiger partial charge in [-0.05, 0) is 43.2 Å². The van der Waals surface area contributed by atoms with Crippen molar-refractivity contribution < 1.29 is 18.8 Å². The first-order valence-electron chi connectivity index (χ1n) is 8.91. The van der Waals surface area contributed by atoms with Crippen LogP contribution >= 0.6 is 0 Å². The summed E-state index contributed by atoms with van der Waals surface area (Å²) in [7, 11) is 3.37. The molecule has 7 nitrogen and oxygen atoms in total. The number of carbonyl (C=O) groups is 3. The molecule has 0 bridgehead atoms. The summed E-state index contributed by atoms with van der Waals surface area (Å²) in [5.41, 5.74) is 1.12. The smallest absolute Gasteiger partial charge is 0.289 e. The fraction of sp³-hybridized carbons (Fsp3) is 0.350. The molecule has 3 rings (SSSR count). The molecule has 27 heavy (non-hydrogen) atoms. The standard InChI is InChI=1S/C20H23N3O4/c1-22(2)19(25)15-5-3-6-16(13-15)21-18(24)14-8-10-23(11-9-14)20(26)17-7-4-12-27-17/h3-7,12-14H,8-11H2,1-2H3,(H,21,24). The molecule has 2 aromatic rings. The molecule has 1 N–H and O–H groups in total. The molecule has 0 saturated carbocycles. The van der Waals surface area contributed by atoms with Crippen molar-refractivity contribution in [2.75, 3.05) is 32.5 Å². The first-order chi connectivity index (χ1) is 13.0. The molecule has 0 unspecified atom stereocenters. The third kappa shape index (κ3) is 4.36. The van der Waals surface area contributed by atoms with Gasteiger partial charge in [-0.15, -0.1) is 0 Å². The Hall–Kier alpha value is -3.09. The number of nitrogens with one attached hydrogen (secondary N) is 1. The van der Waals surface area contributed by atoms with Gasteiger partial charge in [-0.2, -0.15) is 0 Å². The third-order valence-electron chi connectivity index (χ3n) is 4.67. The second kappa shape index (κ2) is 8.07. The minimum atomic E-state index is -0.168. The number of piperidine rings is 1.